The lowest BCUT2D eigenvalue weighted by Crippen LogP contribution is -2.36. The number of urea groups is 1. The van der Waals surface area contributed by atoms with Gasteiger partial charge in [0.15, 0.2) is 0 Å². The molecule has 0 fully saturated rings. The highest BCUT2D eigenvalue weighted by Gasteiger charge is 2.10. The van der Waals surface area contributed by atoms with Gasteiger partial charge in [-0.2, -0.15) is 8.78 Å². The van der Waals surface area contributed by atoms with Gasteiger partial charge in [0.1, 0.15) is 5.75 Å². The maximum Gasteiger partial charge on any atom is 0.387 e. The number of halogens is 2. The smallest absolute Gasteiger partial charge is 0.387 e. The Balaban J connectivity index is 1.83. The lowest BCUT2D eigenvalue weighted by Gasteiger charge is -2.15. The molecule has 2 aromatic rings. The molecule has 1 atom stereocenters. The Morgan fingerprint density at radius 3 is 2.35 bits per heavy atom. The van der Waals surface area contributed by atoms with E-state index in [-0.39, 0.29) is 17.8 Å². The van der Waals surface area contributed by atoms with Crippen LogP contribution in [-0.4, -0.2) is 12.6 Å². The zero-order chi connectivity index (χ0) is 16.7. The number of alkyl halides is 2. The molecule has 0 bridgehead atoms. The third kappa shape index (κ3) is 5.58. The van der Waals surface area contributed by atoms with Crippen LogP contribution in [0.5, 0.6) is 5.75 Å². The largest absolute Gasteiger partial charge is 0.435 e. The van der Waals surface area contributed by atoms with E-state index in [1.807, 2.05) is 37.3 Å². The van der Waals surface area contributed by atoms with Crippen molar-refractivity contribution in [3.05, 3.63) is 65.7 Å². The van der Waals surface area contributed by atoms with Crippen LogP contribution in [0.4, 0.5) is 13.6 Å². The minimum Gasteiger partial charge on any atom is -0.435 e. The lowest BCUT2D eigenvalue weighted by atomic mass is 10.1. The van der Waals surface area contributed by atoms with Crippen molar-refractivity contribution in [1.29, 1.82) is 0 Å². The van der Waals surface area contributed by atoms with E-state index in [0.717, 1.165) is 11.1 Å². The molecule has 0 saturated heterocycles. The molecule has 0 radical (unpaired) electrons. The van der Waals surface area contributed by atoms with E-state index in [9.17, 15) is 13.6 Å². The van der Waals surface area contributed by atoms with Crippen molar-refractivity contribution in [1.82, 2.24) is 10.6 Å². The van der Waals surface area contributed by atoms with Gasteiger partial charge >= 0.3 is 12.6 Å². The third-order valence-electron chi connectivity index (χ3n) is 3.25. The molecule has 0 aromatic heterocycles. The van der Waals surface area contributed by atoms with Gasteiger partial charge in [0.05, 0.1) is 6.04 Å². The van der Waals surface area contributed by atoms with Gasteiger partial charge in [-0.25, -0.2) is 4.79 Å². The van der Waals surface area contributed by atoms with Gasteiger partial charge in [-0.15, -0.1) is 0 Å². The number of hydrogen-bond acceptors (Lipinski definition) is 2. The SMILES string of the molecule is CC(NC(=O)NCc1ccccc1)c1ccc(OC(F)F)cc1. The molecule has 0 aliphatic rings. The first-order chi connectivity index (χ1) is 11.0. The molecule has 2 amide bonds. The van der Waals surface area contributed by atoms with Gasteiger partial charge < -0.3 is 15.4 Å². The van der Waals surface area contributed by atoms with Crippen LogP contribution in [0.25, 0.3) is 0 Å². The summed E-state index contributed by atoms with van der Waals surface area (Å²) in [5.41, 5.74) is 1.80. The molecule has 2 N–H and O–H groups in total. The molecular weight excluding hydrogens is 302 g/mol. The Morgan fingerprint density at radius 1 is 1.09 bits per heavy atom. The second-order valence-corrected chi connectivity index (χ2v) is 4.98. The fraction of sp³-hybridized carbons (Fsp3) is 0.235. The number of ether oxygens (including phenoxy) is 1. The fourth-order valence-corrected chi connectivity index (χ4v) is 2.05. The maximum atomic E-state index is 12.1. The van der Waals surface area contributed by atoms with Crippen LogP contribution in [0.15, 0.2) is 54.6 Å². The number of benzene rings is 2. The highest BCUT2D eigenvalue weighted by molar-refractivity contribution is 5.74. The van der Waals surface area contributed by atoms with Crippen molar-refractivity contribution in [3.63, 3.8) is 0 Å². The molecule has 1 unspecified atom stereocenters. The number of nitrogens with one attached hydrogen (secondary N) is 2. The predicted octanol–water partition coefficient (Wildman–Crippen LogP) is 3.85. The normalized spacial score (nSPS) is 11.8. The van der Waals surface area contributed by atoms with Gasteiger partial charge in [0.25, 0.3) is 0 Å². The van der Waals surface area contributed by atoms with Crippen LogP contribution < -0.4 is 15.4 Å². The number of carbonyl (C=O) groups excluding carboxylic acids is 1. The molecule has 4 nitrogen and oxygen atoms in total. The molecule has 23 heavy (non-hydrogen) atoms. The topological polar surface area (TPSA) is 50.4 Å². The molecule has 0 aliphatic carbocycles. The fourth-order valence-electron chi connectivity index (χ4n) is 2.05. The van der Waals surface area contributed by atoms with Crippen LogP contribution >= 0.6 is 0 Å². The standard InChI is InChI=1S/C17H18F2N2O2/c1-12(14-7-9-15(10-8-14)23-16(18)19)21-17(22)20-11-13-5-3-2-4-6-13/h2-10,12,16H,11H2,1H3,(H2,20,21,22). The molecule has 6 heteroatoms. The minimum atomic E-state index is -2.85. The maximum absolute atomic E-state index is 12.1. The second-order valence-electron chi connectivity index (χ2n) is 4.98. The van der Waals surface area contributed by atoms with Gasteiger partial charge in [-0.3, -0.25) is 0 Å². The van der Waals surface area contributed by atoms with Crippen molar-refractivity contribution in [2.45, 2.75) is 26.1 Å². The highest BCUT2D eigenvalue weighted by atomic mass is 19.3. The van der Waals surface area contributed by atoms with Gasteiger partial charge in [0.2, 0.25) is 0 Å². The summed E-state index contributed by atoms with van der Waals surface area (Å²) in [4.78, 5) is 11.9. The lowest BCUT2D eigenvalue weighted by molar-refractivity contribution is -0.0498. The summed E-state index contributed by atoms with van der Waals surface area (Å²) in [5, 5.41) is 5.55. The van der Waals surface area contributed by atoms with E-state index in [1.54, 1.807) is 12.1 Å². The van der Waals surface area contributed by atoms with Crippen molar-refractivity contribution >= 4 is 6.03 Å². The molecule has 0 aliphatic heterocycles. The van der Waals surface area contributed by atoms with E-state index >= 15 is 0 Å². The molecular formula is C17H18F2N2O2. The van der Waals surface area contributed by atoms with E-state index in [0.29, 0.717) is 6.54 Å². The Kier molecular flexibility index (Phi) is 5.91. The van der Waals surface area contributed by atoms with Crippen LogP contribution in [0.1, 0.15) is 24.1 Å². The van der Waals surface area contributed by atoms with Gasteiger partial charge in [-0.1, -0.05) is 42.5 Å². The van der Waals surface area contributed by atoms with Gasteiger partial charge in [0, 0.05) is 6.54 Å². The molecule has 2 aromatic carbocycles. The van der Waals surface area contributed by atoms with E-state index in [4.69, 9.17) is 0 Å². The first-order valence-electron chi connectivity index (χ1n) is 7.17. The summed E-state index contributed by atoms with van der Waals surface area (Å²) < 4.78 is 28.5. The van der Waals surface area contributed by atoms with Crippen molar-refractivity contribution in [3.8, 4) is 5.75 Å². The van der Waals surface area contributed by atoms with Crippen LogP contribution in [0.2, 0.25) is 0 Å². The Bertz CT molecular complexity index is 618. The molecule has 122 valence electrons. The monoisotopic (exact) mass is 320 g/mol. The van der Waals surface area contributed by atoms with Gasteiger partial charge in [-0.05, 0) is 30.2 Å². The first kappa shape index (κ1) is 16.7. The predicted molar refractivity (Wildman–Crippen MR) is 83.3 cm³/mol. The summed E-state index contributed by atoms with van der Waals surface area (Å²) in [6.07, 6.45) is 0. The van der Waals surface area contributed by atoms with Crippen molar-refractivity contribution in [2.75, 3.05) is 0 Å². The summed E-state index contributed by atoms with van der Waals surface area (Å²) in [5.74, 6) is 0.0875. The van der Waals surface area contributed by atoms with E-state index < -0.39 is 6.61 Å². The van der Waals surface area contributed by atoms with Crippen molar-refractivity contribution < 1.29 is 18.3 Å². The van der Waals surface area contributed by atoms with E-state index in [1.165, 1.54) is 12.1 Å². The molecule has 2 rings (SSSR count). The number of rotatable bonds is 6. The average Bonchev–Trinajstić information content (AvgIpc) is 2.54. The Labute approximate surface area is 133 Å². The minimum absolute atomic E-state index is 0.0875. The zero-order valence-corrected chi connectivity index (χ0v) is 12.6. The summed E-state index contributed by atoms with van der Waals surface area (Å²) in [6.45, 7) is -0.605. The number of amides is 2. The van der Waals surface area contributed by atoms with Crippen LogP contribution in [-0.2, 0) is 6.54 Å². The van der Waals surface area contributed by atoms with E-state index in [2.05, 4.69) is 15.4 Å². The zero-order valence-electron chi connectivity index (χ0n) is 12.6. The quantitative estimate of drug-likeness (QED) is 0.849. The van der Waals surface area contributed by atoms with Crippen molar-refractivity contribution in [2.24, 2.45) is 0 Å². The summed E-state index contributed by atoms with van der Waals surface area (Å²) >= 11 is 0. The molecule has 0 spiro atoms. The second kappa shape index (κ2) is 8.12. The molecule has 0 saturated carbocycles. The highest BCUT2D eigenvalue weighted by Crippen LogP contribution is 2.19. The Hall–Kier alpha value is -2.63. The average molecular weight is 320 g/mol. The third-order valence-corrected chi connectivity index (χ3v) is 3.25. The van der Waals surface area contributed by atoms with Crippen LogP contribution in [0, 0.1) is 0 Å². The first-order valence-corrected chi connectivity index (χ1v) is 7.17. The summed E-state index contributed by atoms with van der Waals surface area (Å²) in [7, 11) is 0. The number of hydrogen-bond donors (Lipinski definition) is 2. The Morgan fingerprint density at radius 2 is 1.74 bits per heavy atom. The molecule has 0 heterocycles. The van der Waals surface area contributed by atoms with Crippen LogP contribution in [0.3, 0.4) is 0 Å². The summed E-state index contributed by atoms with van der Waals surface area (Å²) in [6, 6.07) is 15.2. The number of carbonyl (C=O) groups is 1.